The molecule has 1 atom stereocenters. The highest BCUT2D eigenvalue weighted by molar-refractivity contribution is 5.78. The topological polar surface area (TPSA) is 88.8 Å². The molecule has 27 heavy (non-hydrogen) atoms. The fourth-order valence-corrected chi connectivity index (χ4v) is 3.16. The lowest BCUT2D eigenvalue weighted by Gasteiger charge is -2.38. The molecule has 8 nitrogen and oxygen atoms in total. The Morgan fingerprint density at radius 3 is 2.56 bits per heavy atom. The van der Waals surface area contributed by atoms with E-state index in [1.807, 2.05) is 18.2 Å². The van der Waals surface area contributed by atoms with Gasteiger partial charge in [-0.3, -0.25) is 9.69 Å². The van der Waals surface area contributed by atoms with Gasteiger partial charge < -0.3 is 19.8 Å². The minimum atomic E-state index is -0.621. The van der Waals surface area contributed by atoms with Gasteiger partial charge in [-0.15, -0.1) is 0 Å². The number of rotatable bonds is 6. The molecule has 1 amide bonds. The maximum Gasteiger partial charge on any atom is 0.406 e. The molecule has 8 heteroatoms. The average molecular weight is 370 g/mol. The largest absolute Gasteiger partial charge is 0.476 e. The molecule has 1 aliphatic rings. The Labute approximate surface area is 157 Å². The van der Waals surface area contributed by atoms with Crippen molar-refractivity contribution >= 4 is 11.7 Å². The minimum absolute atomic E-state index is 0.00665. The van der Waals surface area contributed by atoms with Gasteiger partial charge in [-0.1, -0.05) is 30.3 Å². The standard InChI is InChI=1S/C19H22N4O4/c1-15(16-6-3-2-4-7-16)21-10-12-22(13-11-21)18(24)14-27-17-8-5-9-20-19(17)23(25)26/h2-9,15H,10-14H2,1H3. The van der Waals surface area contributed by atoms with Crippen LogP contribution in [-0.4, -0.2) is 58.4 Å². The molecule has 1 fully saturated rings. The van der Waals surface area contributed by atoms with Crippen molar-refractivity contribution in [3.8, 4) is 5.75 Å². The van der Waals surface area contributed by atoms with Crippen molar-refractivity contribution in [2.75, 3.05) is 32.8 Å². The monoisotopic (exact) mass is 370 g/mol. The van der Waals surface area contributed by atoms with E-state index in [4.69, 9.17) is 4.74 Å². The second kappa shape index (κ2) is 8.59. The number of hydrogen-bond acceptors (Lipinski definition) is 6. The highest BCUT2D eigenvalue weighted by Crippen LogP contribution is 2.23. The molecule has 0 aliphatic carbocycles. The summed E-state index contributed by atoms with van der Waals surface area (Å²) < 4.78 is 5.35. The van der Waals surface area contributed by atoms with E-state index in [2.05, 4.69) is 28.9 Å². The summed E-state index contributed by atoms with van der Waals surface area (Å²) in [4.78, 5) is 30.5. The number of ether oxygens (including phenoxy) is 1. The van der Waals surface area contributed by atoms with Crippen LogP contribution in [0.15, 0.2) is 48.7 Å². The lowest BCUT2D eigenvalue weighted by molar-refractivity contribution is -0.390. The molecule has 1 unspecified atom stereocenters. The van der Waals surface area contributed by atoms with Gasteiger partial charge in [-0.25, -0.2) is 0 Å². The van der Waals surface area contributed by atoms with Gasteiger partial charge in [0.25, 0.3) is 5.91 Å². The maximum absolute atomic E-state index is 12.4. The Balaban J connectivity index is 1.51. The number of pyridine rings is 1. The summed E-state index contributed by atoms with van der Waals surface area (Å²) in [5, 5.41) is 10.9. The summed E-state index contributed by atoms with van der Waals surface area (Å²) >= 11 is 0. The minimum Gasteiger partial charge on any atom is -0.476 e. The molecular weight excluding hydrogens is 348 g/mol. The van der Waals surface area contributed by atoms with Crippen molar-refractivity contribution < 1.29 is 14.5 Å². The average Bonchev–Trinajstić information content (AvgIpc) is 2.72. The second-order valence-corrected chi connectivity index (χ2v) is 6.37. The molecule has 142 valence electrons. The Morgan fingerprint density at radius 1 is 1.19 bits per heavy atom. The van der Waals surface area contributed by atoms with Crippen molar-refractivity contribution in [1.82, 2.24) is 14.8 Å². The van der Waals surface area contributed by atoms with Crippen LogP contribution >= 0.6 is 0 Å². The van der Waals surface area contributed by atoms with E-state index < -0.39 is 4.92 Å². The van der Waals surface area contributed by atoms with Gasteiger partial charge in [0, 0.05) is 32.2 Å². The number of piperazine rings is 1. The Hall–Kier alpha value is -3.00. The van der Waals surface area contributed by atoms with E-state index in [1.165, 1.54) is 23.9 Å². The van der Waals surface area contributed by atoms with Crippen LogP contribution in [0.1, 0.15) is 18.5 Å². The molecule has 0 N–H and O–H groups in total. The third kappa shape index (κ3) is 4.59. The second-order valence-electron chi connectivity index (χ2n) is 6.37. The first-order chi connectivity index (χ1) is 13.1. The van der Waals surface area contributed by atoms with E-state index in [1.54, 1.807) is 4.90 Å². The number of nitro groups is 1. The molecule has 0 spiro atoms. The smallest absolute Gasteiger partial charge is 0.406 e. The molecular formula is C19H22N4O4. The van der Waals surface area contributed by atoms with Crippen LogP contribution in [0.4, 0.5) is 5.82 Å². The molecule has 0 saturated carbocycles. The number of aromatic nitrogens is 1. The van der Waals surface area contributed by atoms with Crippen LogP contribution < -0.4 is 4.74 Å². The van der Waals surface area contributed by atoms with Crippen LogP contribution in [0.5, 0.6) is 5.75 Å². The normalized spacial score (nSPS) is 16.0. The SMILES string of the molecule is CC(c1ccccc1)N1CCN(C(=O)COc2cccnc2[N+](=O)[O-])CC1. The molecule has 1 saturated heterocycles. The molecule has 0 radical (unpaired) electrons. The summed E-state index contributed by atoms with van der Waals surface area (Å²) in [7, 11) is 0. The summed E-state index contributed by atoms with van der Waals surface area (Å²) in [6, 6.07) is 13.5. The van der Waals surface area contributed by atoms with Gasteiger partial charge in [0.1, 0.15) is 6.20 Å². The molecule has 1 aromatic heterocycles. The van der Waals surface area contributed by atoms with E-state index in [0.717, 1.165) is 13.1 Å². The van der Waals surface area contributed by atoms with Gasteiger partial charge in [-0.2, -0.15) is 0 Å². The summed E-state index contributed by atoms with van der Waals surface area (Å²) in [5.74, 6) is -0.556. The first-order valence-corrected chi connectivity index (χ1v) is 8.85. The third-order valence-electron chi connectivity index (χ3n) is 4.77. The highest BCUT2D eigenvalue weighted by Gasteiger charge is 2.25. The molecule has 1 aliphatic heterocycles. The van der Waals surface area contributed by atoms with Crippen LogP contribution in [0.2, 0.25) is 0 Å². The molecule has 2 aromatic rings. The van der Waals surface area contributed by atoms with Crippen molar-refractivity contribution in [3.05, 3.63) is 64.3 Å². The fraction of sp³-hybridized carbons (Fsp3) is 0.368. The Morgan fingerprint density at radius 2 is 1.89 bits per heavy atom. The zero-order valence-corrected chi connectivity index (χ0v) is 15.2. The molecule has 2 heterocycles. The first kappa shape index (κ1) is 18.8. The Kier molecular flexibility index (Phi) is 5.97. The third-order valence-corrected chi connectivity index (χ3v) is 4.77. The van der Waals surface area contributed by atoms with Gasteiger partial charge in [0.05, 0.1) is 0 Å². The van der Waals surface area contributed by atoms with E-state index in [9.17, 15) is 14.9 Å². The number of nitrogens with zero attached hydrogens (tertiary/aromatic N) is 4. The lowest BCUT2D eigenvalue weighted by atomic mass is 10.1. The quantitative estimate of drug-likeness (QED) is 0.572. The van der Waals surface area contributed by atoms with E-state index in [-0.39, 0.29) is 30.1 Å². The maximum atomic E-state index is 12.4. The molecule has 3 rings (SSSR count). The van der Waals surface area contributed by atoms with Crippen molar-refractivity contribution in [1.29, 1.82) is 0 Å². The lowest BCUT2D eigenvalue weighted by Crippen LogP contribution is -2.50. The molecule has 0 bridgehead atoms. The summed E-state index contributed by atoms with van der Waals surface area (Å²) in [6.45, 7) is 4.69. The van der Waals surface area contributed by atoms with Gasteiger partial charge in [0.2, 0.25) is 5.75 Å². The van der Waals surface area contributed by atoms with Gasteiger partial charge in [0.15, 0.2) is 6.61 Å². The van der Waals surface area contributed by atoms with Gasteiger partial charge in [-0.05, 0) is 34.5 Å². The number of carbonyl (C=O) groups is 1. The van der Waals surface area contributed by atoms with Crippen LogP contribution in [-0.2, 0) is 4.79 Å². The summed E-state index contributed by atoms with van der Waals surface area (Å²) in [6.07, 6.45) is 1.32. The Bertz CT molecular complexity index is 791. The fourth-order valence-electron chi connectivity index (χ4n) is 3.16. The number of carbonyl (C=O) groups excluding carboxylic acids is 1. The van der Waals surface area contributed by atoms with Crippen molar-refractivity contribution in [3.63, 3.8) is 0 Å². The van der Waals surface area contributed by atoms with Crippen LogP contribution in [0.25, 0.3) is 0 Å². The number of benzene rings is 1. The predicted octanol–water partition coefficient (Wildman–Crippen LogP) is 2.27. The number of amides is 1. The van der Waals surface area contributed by atoms with Crippen molar-refractivity contribution in [2.24, 2.45) is 0 Å². The number of hydrogen-bond donors (Lipinski definition) is 0. The summed E-state index contributed by atoms with van der Waals surface area (Å²) in [5.41, 5.74) is 1.25. The predicted molar refractivity (Wildman–Crippen MR) is 99.4 cm³/mol. The van der Waals surface area contributed by atoms with Gasteiger partial charge >= 0.3 is 5.82 Å². The van der Waals surface area contributed by atoms with Crippen LogP contribution in [0, 0.1) is 10.1 Å². The van der Waals surface area contributed by atoms with E-state index in [0.29, 0.717) is 13.1 Å². The molecule has 1 aromatic carbocycles. The van der Waals surface area contributed by atoms with Crippen molar-refractivity contribution in [2.45, 2.75) is 13.0 Å². The van der Waals surface area contributed by atoms with E-state index >= 15 is 0 Å². The zero-order valence-electron chi connectivity index (χ0n) is 15.2. The zero-order chi connectivity index (χ0) is 19.2. The highest BCUT2D eigenvalue weighted by atomic mass is 16.6. The van der Waals surface area contributed by atoms with Crippen LogP contribution in [0.3, 0.4) is 0 Å². The first-order valence-electron chi connectivity index (χ1n) is 8.85.